The number of rotatable bonds is 2. The Morgan fingerprint density at radius 1 is 1.37 bits per heavy atom. The maximum atomic E-state index is 12.1. The Morgan fingerprint density at radius 3 is 2.37 bits per heavy atom. The maximum Gasteiger partial charge on any atom is 0.412 e. The van der Waals surface area contributed by atoms with Crippen LogP contribution in [0.15, 0.2) is 0 Å². The first-order valence-electron chi connectivity index (χ1n) is 6.46. The van der Waals surface area contributed by atoms with E-state index in [0.717, 1.165) is 0 Å². The topological polar surface area (TPSA) is 72.9 Å². The molecule has 1 aliphatic heterocycles. The minimum atomic E-state index is -1.13. The summed E-state index contributed by atoms with van der Waals surface area (Å²) in [5, 5.41) is 0. The van der Waals surface area contributed by atoms with E-state index in [-0.39, 0.29) is 12.4 Å². The van der Waals surface area contributed by atoms with Crippen molar-refractivity contribution >= 4 is 17.8 Å². The third-order valence-electron chi connectivity index (χ3n) is 3.25. The Labute approximate surface area is 112 Å². The van der Waals surface area contributed by atoms with Crippen molar-refractivity contribution in [1.82, 2.24) is 4.90 Å². The van der Waals surface area contributed by atoms with E-state index < -0.39 is 29.2 Å². The lowest BCUT2D eigenvalue weighted by Gasteiger charge is -2.45. The van der Waals surface area contributed by atoms with Crippen molar-refractivity contribution in [2.75, 3.05) is 6.61 Å². The number of ether oxygens (including phenoxy) is 2. The van der Waals surface area contributed by atoms with Gasteiger partial charge in [-0.1, -0.05) is 0 Å². The van der Waals surface area contributed by atoms with Gasteiger partial charge in [0.2, 0.25) is 0 Å². The molecule has 1 unspecified atom stereocenters. The van der Waals surface area contributed by atoms with Gasteiger partial charge in [-0.2, -0.15) is 0 Å². The summed E-state index contributed by atoms with van der Waals surface area (Å²) in [7, 11) is 0. The second-order valence-corrected chi connectivity index (χ2v) is 5.90. The molecule has 0 N–H and O–H groups in total. The van der Waals surface area contributed by atoms with Gasteiger partial charge in [0, 0.05) is 0 Å². The van der Waals surface area contributed by atoms with Gasteiger partial charge in [0.1, 0.15) is 11.1 Å². The molecule has 1 heterocycles. The molecule has 0 aromatic carbocycles. The SMILES string of the molecule is CCOC(=O)C1C(=O)C2(CC2)N1C(=O)OC(C)(C)C. The number of carbonyl (C=O) groups excluding carboxylic acids is 3. The van der Waals surface area contributed by atoms with Crippen LogP contribution in [0, 0.1) is 0 Å². The van der Waals surface area contributed by atoms with E-state index in [9.17, 15) is 14.4 Å². The van der Waals surface area contributed by atoms with Crippen LogP contribution in [0.3, 0.4) is 0 Å². The van der Waals surface area contributed by atoms with Crippen molar-refractivity contribution in [1.29, 1.82) is 0 Å². The number of Topliss-reactive ketones (excluding diaryl/α,β-unsaturated/α-hetero) is 1. The monoisotopic (exact) mass is 269 g/mol. The molecule has 2 rings (SSSR count). The summed E-state index contributed by atoms with van der Waals surface area (Å²) in [6.07, 6.45) is 0.574. The summed E-state index contributed by atoms with van der Waals surface area (Å²) in [5.74, 6) is -0.896. The zero-order valence-electron chi connectivity index (χ0n) is 11.7. The molecule has 106 valence electrons. The van der Waals surface area contributed by atoms with Crippen LogP contribution < -0.4 is 0 Å². The molecule has 2 fully saturated rings. The van der Waals surface area contributed by atoms with Crippen LogP contribution in [-0.2, 0) is 19.1 Å². The van der Waals surface area contributed by atoms with Gasteiger partial charge in [-0.25, -0.2) is 9.59 Å². The fourth-order valence-electron chi connectivity index (χ4n) is 2.30. The fourth-order valence-corrected chi connectivity index (χ4v) is 2.30. The molecule has 1 saturated carbocycles. The molecule has 0 bridgehead atoms. The van der Waals surface area contributed by atoms with E-state index in [0.29, 0.717) is 12.8 Å². The second-order valence-electron chi connectivity index (χ2n) is 5.90. The van der Waals surface area contributed by atoms with Gasteiger partial charge >= 0.3 is 12.1 Å². The van der Waals surface area contributed by atoms with E-state index in [1.54, 1.807) is 27.7 Å². The normalized spacial score (nSPS) is 23.9. The molecule has 1 saturated heterocycles. The average Bonchev–Trinajstić information content (AvgIpc) is 3.04. The number of hydrogen-bond acceptors (Lipinski definition) is 5. The number of esters is 1. The van der Waals surface area contributed by atoms with Gasteiger partial charge in [-0.05, 0) is 40.5 Å². The summed E-state index contributed by atoms with van der Waals surface area (Å²) in [4.78, 5) is 37.1. The van der Waals surface area contributed by atoms with E-state index in [4.69, 9.17) is 9.47 Å². The largest absolute Gasteiger partial charge is 0.464 e. The summed E-state index contributed by atoms with van der Waals surface area (Å²) >= 11 is 0. The van der Waals surface area contributed by atoms with Crippen LogP contribution in [0.25, 0.3) is 0 Å². The second kappa shape index (κ2) is 4.21. The van der Waals surface area contributed by atoms with Crippen molar-refractivity contribution in [2.24, 2.45) is 0 Å². The lowest BCUT2D eigenvalue weighted by Crippen LogP contribution is -2.72. The average molecular weight is 269 g/mol. The van der Waals surface area contributed by atoms with Crippen molar-refractivity contribution in [3.8, 4) is 0 Å². The molecule has 19 heavy (non-hydrogen) atoms. The van der Waals surface area contributed by atoms with Crippen LogP contribution in [-0.4, -0.2) is 46.5 Å². The van der Waals surface area contributed by atoms with E-state index in [1.807, 2.05) is 0 Å². The molecule has 6 nitrogen and oxygen atoms in total. The van der Waals surface area contributed by atoms with E-state index >= 15 is 0 Å². The van der Waals surface area contributed by atoms with Crippen LogP contribution in [0.1, 0.15) is 40.5 Å². The smallest absolute Gasteiger partial charge is 0.412 e. The number of hydrogen-bond donors (Lipinski definition) is 0. The lowest BCUT2D eigenvalue weighted by atomic mass is 9.89. The Morgan fingerprint density at radius 2 is 1.95 bits per heavy atom. The zero-order chi connectivity index (χ0) is 14.4. The van der Waals surface area contributed by atoms with Crippen LogP contribution in [0.2, 0.25) is 0 Å². The summed E-state index contributed by atoms with van der Waals surface area (Å²) in [6.45, 7) is 7.06. The van der Waals surface area contributed by atoms with Crippen molar-refractivity contribution in [3.63, 3.8) is 0 Å². The third-order valence-corrected chi connectivity index (χ3v) is 3.25. The molecule has 1 spiro atoms. The molecule has 6 heteroatoms. The van der Waals surface area contributed by atoms with Crippen LogP contribution in [0.5, 0.6) is 0 Å². The Balaban J connectivity index is 2.14. The predicted octanol–water partition coefficient (Wildman–Crippen LogP) is 1.27. The van der Waals surface area contributed by atoms with Gasteiger partial charge in [0.05, 0.1) is 6.61 Å². The molecule has 0 radical (unpaired) electrons. The van der Waals surface area contributed by atoms with Gasteiger partial charge in [0.25, 0.3) is 0 Å². The van der Waals surface area contributed by atoms with Crippen LogP contribution in [0.4, 0.5) is 4.79 Å². The Kier molecular flexibility index (Phi) is 3.07. The predicted molar refractivity (Wildman–Crippen MR) is 65.5 cm³/mol. The van der Waals surface area contributed by atoms with Gasteiger partial charge < -0.3 is 9.47 Å². The highest BCUT2D eigenvalue weighted by atomic mass is 16.6. The minimum absolute atomic E-state index is 0.178. The van der Waals surface area contributed by atoms with Gasteiger partial charge in [0.15, 0.2) is 11.8 Å². The Bertz CT molecular complexity index is 433. The highest BCUT2D eigenvalue weighted by Gasteiger charge is 2.72. The van der Waals surface area contributed by atoms with Gasteiger partial charge in [-0.3, -0.25) is 9.69 Å². The van der Waals surface area contributed by atoms with Crippen molar-refractivity contribution in [3.05, 3.63) is 0 Å². The molecule has 1 atom stereocenters. The fraction of sp³-hybridized carbons (Fsp3) is 0.769. The molecule has 0 aromatic rings. The van der Waals surface area contributed by atoms with Crippen LogP contribution >= 0.6 is 0 Å². The summed E-state index contributed by atoms with van der Waals surface area (Å²) in [5.41, 5.74) is -1.45. The third kappa shape index (κ3) is 2.19. The number of carbonyl (C=O) groups is 3. The highest BCUT2D eigenvalue weighted by Crippen LogP contribution is 2.52. The number of ketones is 1. The first-order valence-corrected chi connectivity index (χ1v) is 6.46. The molecule has 1 aliphatic carbocycles. The number of nitrogens with zero attached hydrogens (tertiary/aromatic N) is 1. The molecule has 1 amide bonds. The number of likely N-dealkylation sites (tertiary alicyclic amines) is 1. The van der Waals surface area contributed by atoms with Gasteiger partial charge in [-0.15, -0.1) is 0 Å². The Hall–Kier alpha value is -1.59. The molecule has 2 aliphatic rings. The van der Waals surface area contributed by atoms with Crippen molar-refractivity contribution < 1.29 is 23.9 Å². The van der Waals surface area contributed by atoms with E-state index in [1.165, 1.54) is 4.90 Å². The number of amides is 1. The zero-order valence-corrected chi connectivity index (χ0v) is 11.7. The summed E-state index contributed by atoms with van der Waals surface area (Å²) in [6, 6.07) is -1.13. The first kappa shape index (κ1) is 13.8. The summed E-state index contributed by atoms with van der Waals surface area (Å²) < 4.78 is 10.1. The van der Waals surface area contributed by atoms with Crippen molar-refractivity contribution in [2.45, 2.75) is 57.7 Å². The first-order chi connectivity index (χ1) is 8.73. The van der Waals surface area contributed by atoms with E-state index in [2.05, 4.69) is 0 Å². The molecular weight excluding hydrogens is 250 g/mol. The molecular formula is C13H19NO5. The maximum absolute atomic E-state index is 12.1. The minimum Gasteiger partial charge on any atom is -0.464 e. The molecule has 0 aromatic heterocycles. The lowest BCUT2D eigenvalue weighted by molar-refractivity contribution is -0.167. The quantitative estimate of drug-likeness (QED) is 0.557. The standard InChI is InChI=1S/C13H19NO5/c1-5-18-10(16)8-9(15)13(6-7-13)14(8)11(17)19-12(2,3)4/h8H,5-7H2,1-4H3. The highest BCUT2D eigenvalue weighted by molar-refractivity contribution is 6.18.